The molecule has 0 radical (unpaired) electrons. The average Bonchev–Trinajstić information content (AvgIpc) is 2.17. The molecule has 64 valence electrons. The molecule has 0 amide bonds. The van der Waals surface area contributed by atoms with Crippen molar-refractivity contribution in [2.24, 2.45) is 5.73 Å². The summed E-state index contributed by atoms with van der Waals surface area (Å²) in [5, 5.41) is 0. The van der Waals surface area contributed by atoms with E-state index in [0.717, 1.165) is 18.4 Å². The first-order valence-electron chi connectivity index (χ1n) is 3.94. The van der Waals surface area contributed by atoms with E-state index in [9.17, 15) is 4.79 Å². The second-order valence-electron chi connectivity index (χ2n) is 2.65. The molecule has 1 aromatic heterocycles. The Morgan fingerprint density at radius 3 is 2.83 bits per heavy atom. The highest BCUT2D eigenvalue weighted by molar-refractivity contribution is 5.73. The zero-order valence-corrected chi connectivity index (χ0v) is 7.03. The molecule has 0 fully saturated rings. The van der Waals surface area contributed by atoms with Crippen molar-refractivity contribution in [3.05, 3.63) is 29.6 Å². The number of carbonyl (C=O) groups is 1. The third kappa shape index (κ3) is 1.89. The summed E-state index contributed by atoms with van der Waals surface area (Å²) < 4.78 is 0. The van der Waals surface area contributed by atoms with Crippen LogP contribution in [-0.2, 0) is 0 Å². The number of rotatable bonds is 3. The quantitative estimate of drug-likeness (QED) is 0.685. The van der Waals surface area contributed by atoms with E-state index in [1.807, 2.05) is 6.92 Å². The maximum Gasteiger partial charge on any atom is 0.151 e. The van der Waals surface area contributed by atoms with Crippen LogP contribution in [0.3, 0.4) is 0 Å². The molecule has 3 nitrogen and oxygen atoms in total. The van der Waals surface area contributed by atoms with Crippen molar-refractivity contribution in [1.82, 2.24) is 4.98 Å². The van der Waals surface area contributed by atoms with Crippen molar-refractivity contribution >= 4 is 6.29 Å². The molecule has 0 aliphatic carbocycles. The summed E-state index contributed by atoms with van der Waals surface area (Å²) in [6, 6.07) is 3.49. The van der Waals surface area contributed by atoms with Crippen LogP contribution in [0.15, 0.2) is 18.3 Å². The van der Waals surface area contributed by atoms with E-state index in [1.54, 1.807) is 12.1 Å². The van der Waals surface area contributed by atoms with Gasteiger partial charge in [0.1, 0.15) is 0 Å². The van der Waals surface area contributed by atoms with Crippen LogP contribution < -0.4 is 5.73 Å². The van der Waals surface area contributed by atoms with Crippen molar-refractivity contribution in [2.75, 3.05) is 0 Å². The molecule has 1 aromatic rings. The molecule has 2 N–H and O–H groups in total. The molecule has 1 rings (SSSR count). The summed E-state index contributed by atoms with van der Waals surface area (Å²) >= 11 is 0. The molecule has 12 heavy (non-hydrogen) atoms. The van der Waals surface area contributed by atoms with Crippen LogP contribution in [-0.4, -0.2) is 11.3 Å². The molecule has 0 aliphatic rings. The second kappa shape index (κ2) is 3.97. The number of nitrogens with two attached hydrogens (primary N) is 1. The first kappa shape index (κ1) is 8.87. The van der Waals surface area contributed by atoms with Gasteiger partial charge < -0.3 is 5.73 Å². The summed E-state index contributed by atoms with van der Waals surface area (Å²) in [5.74, 6) is 0. The van der Waals surface area contributed by atoms with E-state index < -0.39 is 0 Å². The van der Waals surface area contributed by atoms with Gasteiger partial charge in [-0.15, -0.1) is 0 Å². The predicted molar refractivity (Wildman–Crippen MR) is 46.8 cm³/mol. The van der Waals surface area contributed by atoms with Gasteiger partial charge in [0.15, 0.2) is 6.29 Å². The van der Waals surface area contributed by atoms with Gasteiger partial charge in [-0.3, -0.25) is 9.78 Å². The Bertz CT molecular complexity index is 256. The smallest absolute Gasteiger partial charge is 0.151 e. The van der Waals surface area contributed by atoms with E-state index in [4.69, 9.17) is 5.73 Å². The molecule has 0 spiro atoms. The van der Waals surface area contributed by atoms with Crippen LogP contribution in [0.2, 0.25) is 0 Å². The van der Waals surface area contributed by atoms with Crippen LogP contribution in [0.25, 0.3) is 0 Å². The predicted octanol–water partition coefficient (Wildman–Crippen LogP) is 1.30. The van der Waals surface area contributed by atoms with Gasteiger partial charge >= 0.3 is 0 Å². The zero-order valence-electron chi connectivity index (χ0n) is 7.03. The monoisotopic (exact) mass is 164 g/mol. The molecule has 3 heteroatoms. The van der Waals surface area contributed by atoms with Crippen LogP contribution >= 0.6 is 0 Å². The van der Waals surface area contributed by atoms with Crippen LogP contribution in [0.1, 0.15) is 35.4 Å². The minimum atomic E-state index is -0.0225. The number of hydrogen-bond acceptors (Lipinski definition) is 3. The topological polar surface area (TPSA) is 56.0 Å². The first-order chi connectivity index (χ1) is 5.77. The Morgan fingerprint density at radius 1 is 1.67 bits per heavy atom. The largest absolute Gasteiger partial charge is 0.323 e. The lowest BCUT2D eigenvalue weighted by Crippen LogP contribution is -2.10. The number of hydrogen-bond donors (Lipinski definition) is 1. The van der Waals surface area contributed by atoms with Crippen molar-refractivity contribution in [3.8, 4) is 0 Å². The van der Waals surface area contributed by atoms with Gasteiger partial charge in [-0.2, -0.15) is 0 Å². The molecule has 1 atom stereocenters. The molecule has 0 aliphatic heterocycles. The fourth-order valence-corrected chi connectivity index (χ4v) is 0.915. The van der Waals surface area contributed by atoms with Crippen LogP contribution in [0.5, 0.6) is 0 Å². The Kier molecular flexibility index (Phi) is 2.94. The number of nitrogens with zero attached hydrogens (tertiary/aromatic N) is 1. The summed E-state index contributed by atoms with van der Waals surface area (Å²) in [6.45, 7) is 2.00. The third-order valence-electron chi connectivity index (χ3n) is 1.77. The van der Waals surface area contributed by atoms with Crippen molar-refractivity contribution in [1.29, 1.82) is 0 Å². The average molecular weight is 164 g/mol. The number of aldehydes is 1. The van der Waals surface area contributed by atoms with Gasteiger partial charge in [-0.1, -0.05) is 6.92 Å². The molecule has 0 saturated carbocycles. The molecular formula is C9H12N2O. The third-order valence-corrected chi connectivity index (χ3v) is 1.77. The highest BCUT2D eigenvalue weighted by atomic mass is 16.1. The standard InChI is InChI=1S/C9H12N2O/c1-2-8(10)9-4-3-7(6-12)5-11-9/h3-6,8H,2,10H2,1H3/t8-/m1/s1. The van der Waals surface area contributed by atoms with Crippen molar-refractivity contribution in [2.45, 2.75) is 19.4 Å². The number of pyridine rings is 1. The number of aromatic nitrogens is 1. The molecule has 0 unspecified atom stereocenters. The fraction of sp³-hybridized carbons (Fsp3) is 0.333. The lowest BCUT2D eigenvalue weighted by Gasteiger charge is -2.06. The minimum absolute atomic E-state index is 0.0225. The maximum absolute atomic E-state index is 10.3. The molecule has 0 aromatic carbocycles. The highest BCUT2D eigenvalue weighted by Crippen LogP contribution is 2.09. The minimum Gasteiger partial charge on any atom is -0.323 e. The summed E-state index contributed by atoms with van der Waals surface area (Å²) in [7, 11) is 0. The lowest BCUT2D eigenvalue weighted by atomic mass is 10.1. The second-order valence-corrected chi connectivity index (χ2v) is 2.65. The Hall–Kier alpha value is -1.22. The van der Waals surface area contributed by atoms with Gasteiger partial charge in [-0.25, -0.2) is 0 Å². The molecule has 0 saturated heterocycles. The lowest BCUT2D eigenvalue weighted by molar-refractivity contribution is 0.112. The fourth-order valence-electron chi connectivity index (χ4n) is 0.915. The molecular weight excluding hydrogens is 152 g/mol. The normalized spacial score (nSPS) is 12.5. The van der Waals surface area contributed by atoms with Gasteiger partial charge in [0.05, 0.1) is 5.69 Å². The highest BCUT2D eigenvalue weighted by Gasteiger charge is 2.03. The van der Waals surface area contributed by atoms with Gasteiger partial charge in [0, 0.05) is 17.8 Å². The first-order valence-corrected chi connectivity index (χ1v) is 3.94. The Balaban J connectivity index is 2.84. The van der Waals surface area contributed by atoms with Crippen molar-refractivity contribution < 1.29 is 4.79 Å². The van der Waals surface area contributed by atoms with Crippen LogP contribution in [0.4, 0.5) is 0 Å². The molecule has 0 bridgehead atoms. The van der Waals surface area contributed by atoms with Crippen molar-refractivity contribution in [3.63, 3.8) is 0 Å². The maximum atomic E-state index is 10.3. The van der Waals surface area contributed by atoms with E-state index in [-0.39, 0.29) is 6.04 Å². The van der Waals surface area contributed by atoms with E-state index in [1.165, 1.54) is 6.20 Å². The Labute approximate surface area is 71.6 Å². The van der Waals surface area contributed by atoms with Gasteiger partial charge in [0.2, 0.25) is 0 Å². The summed E-state index contributed by atoms with van der Waals surface area (Å²) in [5.41, 5.74) is 7.16. The van der Waals surface area contributed by atoms with E-state index >= 15 is 0 Å². The molecule has 1 heterocycles. The zero-order chi connectivity index (χ0) is 8.97. The summed E-state index contributed by atoms with van der Waals surface area (Å²) in [6.07, 6.45) is 3.17. The summed E-state index contributed by atoms with van der Waals surface area (Å²) in [4.78, 5) is 14.3. The SMILES string of the molecule is CC[C@@H](N)c1ccc(C=O)cn1. The van der Waals surface area contributed by atoms with Crippen LogP contribution in [0, 0.1) is 0 Å². The van der Waals surface area contributed by atoms with E-state index in [2.05, 4.69) is 4.98 Å². The van der Waals surface area contributed by atoms with E-state index in [0.29, 0.717) is 5.56 Å². The van der Waals surface area contributed by atoms with Gasteiger partial charge in [-0.05, 0) is 18.6 Å². The Morgan fingerprint density at radius 2 is 2.42 bits per heavy atom. The number of carbonyl (C=O) groups excluding carboxylic acids is 1. The van der Waals surface area contributed by atoms with Gasteiger partial charge in [0.25, 0.3) is 0 Å².